The standard InChI is InChI=1S/C15H11F3N4O/c16-15(17,18)12-7-5-10(6-8-12)14-19-20-21-22(14)9-11-3-1-2-4-13(11)23/h1-8,23H,9H2. The topological polar surface area (TPSA) is 63.8 Å². The molecule has 1 N–H and O–H groups in total. The van der Waals surface area contributed by atoms with E-state index in [0.29, 0.717) is 17.0 Å². The number of para-hydroxylation sites is 1. The zero-order chi connectivity index (χ0) is 16.4. The SMILES string of the molecule is Oc1ccccc1Cn1nnnc1-c1ccc(C(F)(F)F)cc1. The van der Waals surface area contributed by atoms with Crippen molar-refractivity contribution in [1.29, 1.82) is 0 Å². The van der Waals surface area contributed by atoms with E-state index in [9.17, 15) is 18.3 Å². The van der Waals surface area contributed by atoms with Gasteiger partial charge in [0.05, 0.1) is 12.1 Å². The normalized spacial score (nSPS) is 11.6. The van der Waals surface area contributed by atoms with Crippen LogP contribution in [-0.4, -0.2) is 25.3 Å². The second kappa shape index (κ2) is 5.71. The van der Waals surface area contributed by atoms with Crippen molar-refractivity contribution in [2.75, 3.05) is 0 Å². The number of alkyl halides is 3. The molecule has 0 aliphatic heterocycles. The first-order valence-electron chi connectivity index (χ1n) is 6.66. The predicted molar refractivity (Wildman–Crippen MR) is 75.5 cm³/mol. The summed E-state index contributed by atoms with van der Waals surface area (Å²) < 4.78 is 39.2. The van der Waals surface area contributed by atoms with Gasteiger partial charge in [-0.15, -0.1) is 5.10 Å². The second-order valence-electron chi connectivity index (χ2n) is 4.86. The summed E-state index contributed by atoms with van der Waals surface area (Å²) in [5, 5.41) is 21.0. The number of aromatic nitrogens is 4. The van der Waals surface area contributed by atoms with Crippen LogP contribution in [0.25, 0.3) is 11.4 Å². The molecule has 0 spiro atoms. The quantitative estimate of drug-likeness (QED) is 0.805. The first-order chi connectivity index (χ1) is 10.9. The van der Waals surface area contributed by atoms with E-state index in [4.69, 9.17) is 0 Å². The molecule has 0 radical (unpaired) electrons. The van der Waals surface area contributed by atoms with Crippen molar-refractivity contribution >= 4 is 0 Å². The number of benzene rings is 2. The number of hydrogen-bond acceptors (Lipinski definition) is 4. The Morgan fingerprint density at radius 1 is 1.00 bits per heavy atom. The zero-order valence-electron chi connectivity index (χ0n) is 11.7. The minimum Gasteiger partial charge on any atom is -0.508 e. The Balaban J connectivity index is 1.91. The van der Waals surface area contributed by atoms with Gasteiger partial charge >= 0.3 is 6.18 Å². The van der Waals surface area contributed by atoms with Crippen molar-refractivity contribution in [3.05, 3.63) is 59.7 Å². The lowest BCUT2D eigenvalue weighted by atomic mass is 10.1. The lowest BCUT2D eigenvalue weighted by Gasteiger charge is -2.08. The van der Waals surface area contributed by atoms with E-state index in [0.717, 1.165) is 12.1 Å². The Bertz CT molecular complexity index is 812. The molecular formula is C15H11F3N4O. The second-order valence-corrected chi connectivity index (χ2v) is 4.86. The van der Waals surface area contributed by atoms with Crippen LogP contribution < -0.4 is 0 Å². The average molecular weight is 320 g/mol. The van der Waals surface area contributed by atoms with Crippen LogP contribution in [0.4, 0.5) is 13.2 Å². The average Bonchev–Trinajstić information content (AvgIpc) is 2.97. The molecule has 0 amide bonds. The summed E-state index contributed by atoms with van der Waals surface area (Å²) in [4.78, 5) is 0. The minimum absolute atomic E-state index is 0.0985. The minimum atomic E-state index is -4.39. The van der Waals surface area contributed by atoms with Gasteiger partial charge in [-0.1, -0.05) is 30.3 Å². The maximum absolute atomic E-state index is 12.6. The molecule has 8 heteroatoms. The van der Waals surface area contributed by atoms with Crippen molar-refractivity contribution < 1.29 is 18.3 Å². The molecule has 0 atom stereocenters. The molecule has 2 aromatic carbocycles. The molecule has 118 valence electrons. The summed E-state index contributed by atoms with van der Waals surface area (Å²) in [6, 6.07) is 11.3. The number of phenols is 1. The number of rotatable bonds is 3. The molecule has 0 unspecified atom stereocenters. The van der Waals surface area contributed by atoms with Gasteiger partial charge in [-0.3, -0.25) is 0 Å². The van der Waals surface area contributed by atoms with Crippen LogP contribution in [0.3, 0.4) is 0 Å². The van der Waals surface area contributed by atoms with E-state index >= 15 is 0 Å². The Morgan fingerprint density at radius 2 is 1.70 bits per heavy atom. The Kier molecular flexibility index (Phi) is 3.73. The lowest BCUT2D eigenvalue weighted by Crippen LogP contribution is -2.06. The summed E-state index contributed by atoms with van der Waals surface area (Å²) in [5.41, 5.74) is 0.326. The van der Waals surface area contributed by atoms with E-state index < -0.39 is 11.7 Å². The highest BCUT2D eigenvalue weighted by Crippen LogP contribution is 2.30. The van der Waals surface area contributed by atoms with Gasteiger partial charge in [0.1, 0.15) is 5.75 Å². The molecule has 1 heterocycles. The van der Waals surface area contributed by atoms with Gasteiger partial charge in [-0.25, -0.2) is 4.68 Å². The molecule has 0 saturated heterocycles. The maximum atomic E-state index is 12.6. The molecule has 0 saturated carbocycles. The number of phenolic OH excluding ortho intramolecular Hbond substituents is 1. The molecule has 1 aromatic heterocycles. The fraction of sp³-hybridized carbons (Fsp3) is 0.133. The van der Waals surface area contributed by atoms with Gasteiger partial charge in [0, 0.05) is 11.1 Å². The van der Waals surface area contributed by atoms with Crippen molar-refractivity contribution in [3.63, 3.8) is 0 Å². The largest absolute Gasteiger partial charge is 0.508 e. The maximum Gasteiger partial charge on any atom is 0.416 e. The van der Waals surface area contributed by atoms with Gasteiger partial charge in [0.15, 0.2) is 5.82 Å². The highest BCUT2D eigenvalue weighted by molar-refractivity contribution is 5.55. The predicted octanol–water partition coefficient (Wildman–Crippen LogP) is 3.11. The van der Waals surface area contributed by atoms with E-state index in [-0.39, 0.29) is 12.3 Å². The molecule has 0 fully saturated rings. The van der Waals surface area contributed by atoms with Crippen LogP contribution >= 0.6 is 0 Å². The molecule has 0 bridgehead atoms. The third kappa shape index (κ3) is 3.15. The smallest absolute Gasteiger partial charge is 0.416 e. The van der Waals surface area contributed by atoms with Crippen LogP contribution in [0.2, 0.25) is 0 Å². The number of halogens is 3. The Labute approximate surface area is 129 Å². The summed E-state index contributed by atoms with van der Waals surface area (Å²) in [5.74, 6) is 0.420. The summed E-state index contributed by atoms with van der Waals surface area (Å²) in [7, 11) is 0. The molecule has 3 aromatic rings. The molecule has 0 aliphatic carbocycles. The van der Waals surface area contributed by atoms with Gasteiger partial charge in [-0.2, -0.15) is 13.2 Å². The van der Waals surface area contributed by atoms with Crippen molar-refractivity contribution in [2.24, 2.45) is 0 Å². The van der Waals surface area contributed by atoms with Gasteiger partial charge < -0.3 is 5.11 Å². The van der Waals surface area contributed by atoms with Crippen LogP contribution in [0.5, 0.6) is 5.75 Å². The first-order valence-corrected chi connectivity index (χ1v) is 6.66. The fourth-order valence-corrected chi connectivity index (χ4v) is 2.13. The van der Waals surface area contributed by atoms with E-state index in [1.165, 1.54) is 22.9 Å². The van der Waals surface area contributed by atoms with Crippen molar-refractivity contribution in [3.8, 4) is 17.1 Å². The van der Waals surface area contributed by atoms with Gasteiger partial charge in [0.25, 0.3) is 0 Å². The molecule has 5 nitrogen and oxygen atoms in total. The lowest BCUT2D eigenvalue weighted by molar-refractivity contribution is -0.137. The van der Waals surface area contributed by atoms with Crippen LogP contribution in [0.1, 0.15) is 11.1 Å². The third-order valence-corrected chi connectivity index (χ3v) is 3.31. The monoisotopic (exact) mass is 320 g/mol. The van der Waals surface area contributed by atoms with Gasteiger partial charge in [-0.05, 0) is 28.6 Å². The zero-order valence-corrected chi connectivity index (χ0v) is 11.7. The Hall–Kier alpha value is -2.90. The number of aromatic hydroxyl groups is 1. The number of nitrogens with zero attached hydrogens (tertiary/aromatic N) is 4. The number of hydrogen-bond donors (Lipinski definition) is 1. The van der Waals surface area contributed by atoms with Crippen LogP contribution in [0.15, 0.2) is 48.5 Å². The van der Waals surface area contributed by atoms with E-state index in [1.807, 2.05) is 0 Å². The van der Waals surface area contributed by atoms with Gasteiger partial charge in [0.2, 0.25) is 0 Å². The molecule has 0 aliphatic rings. The molecule has 23 heavy (non-hydrogen) atoms. The summed E-state index contributed by atoms with van der Waals surface area (Å²) in [6.45, 7) is 0.204. The number of tetrazole rings is 1. The third-order valence-electron chi connectivity index (χ3n) is 3.31. The highest BCUT2D eigenvalue weighted by Gasteiger charge is 2.30. The van der Waals surface area contributed by atoms with Crippen LogP contribution in [0, 0.1) is 0 Å². The van der Waals surface area contributed by atoms with Crippen molar-refractivity contribution in [1.82, 2.24) is 20.2 Å². The fourth-order valence-electron chi connectivity index (χ4n) is 2.13. The summed E-state index contributed by atoms with van der Waals surface area (Å²) >= 11 is 0. The molecule has 3 rings (SSSR count). The first kappa shape index (κ1) is 15.0. The highest BCUT2D eigenvalue weighted by atomic mass is 19.4. The van der Waals surface area contributed by atoms with Crippen LogP contribution in [-0.2, 0) is 12.7 Å². The van der Waals surface area contributed by atoms with Crippen molar-refractivity contribution in [2.45, 2.75) is 12.7 Å². The molecular weight excluding hydrogens is 309 g/mol. The summed E-state index contributed by atoms with van der Waals surface area (Å²) in [6.07, 6.45) is -4.39. The Morgan fingerprint density at radius 3 is 2.35 bits per heavy atom. The van der Waals surface area contributed by atoms with E-state index in [1.54, 1.807) is 18.2 Å². The van der Waals surface area contributed by atoms with E-state index in [2.05, 4.69) is 15.5 Å².